The molecule has 1 fully saturated rings. The highest BCUT2D eigenvalue weighted by molar-refractivity contribution is 6.62. The van der Waals surface area contributed by atoms with Gasteiger partial charge in [0.1, 0.15) is 0 Å². The van der Waals surface area contributed by atoms with Gasteiger partial charge in [-0.1, -0.05) is 12.1 Å². The Kier molecular flexibility index (Phi) is 4.46. The van der Waals surface area contributed by atoms with Gasteiger partial charge in [-0.05, 0) is 68.5 Å². The molecule has 0 bridgehead atoms. The van der Waals surface area contributed by atoms with Gasteiger partial charge in [-0.15, -0.1) is 0 Å². The Hall–Kier alpha value is -1.41. The van der Waals surface area contributed by atoms with E-state index in [4.69, 9.17) is 32.5 Å². The van der Waals surface area contributed by atoms with E-state index in [0.717, 1.165) is 11.2 Å². The fourth-order valence-electron chi connectivity index (χ4n) is 2.21. The van der Waals surface area contributed by atoms with E-state index in [-0.39, 0.29) is 27.7 Å². The number of halogens is 2. The zero-order valence-electron chi connectivity index (χ0n) is 13.8. The molecule has 9 heteroatoms. The first-order chi connectivity index (χ1) is 11.2. The van der Waals surface area contributed by atoms with Crippen LogP contribution in [0.15, 0.2) is 24.3 Å². The van der Waals surface area contributed by atoms with E-state index >= 15 is 0 Å². The van der Waals surface area contributed by atoms with Crippen LogP contribution in [0, 0.1) is 0 Å². The maximum atomic E-state index is 6.03. The molecule has 6 nitrogen and oxygen atoms in total. The molecule has 0 aliphatic carbocycles. The molecule has 0 saturated carbocycles. The minimum atomic E-state index is -0.398. The lowest BCUT2D eigenvalue weighted by Gasteiger charge is -2.32. The van der Waals surface area contributed by atoms with Gasteiger partial charge in [0.25, 0.3) is 0 Å². The number of benzene rings is 1. The molecule has 0 amide bonds. The largest absolute Gasteiger partial charge is 0.494 e. The van der Waals surface area contributed by atoms with Crippen molar-refractivity contribution in [3.05, 3.63) is 34.8 Å². The highest BCUT2D eigenvalue weighted by Crippen LogP contribution is 2.36. The van der Waals surface area contributed by atoms with Crippen molar-refractivity contribution in [3.63, 3.8) is 0 Å². The fourth-order valence-corrected chi connectivity index (χ4v) is 2.58. The van der Waals surface area contributed by atoms with Crippen molar-refractivity contribution >= 4 is 47.4 Å². The van der Waals surface area contributed by atoms with Gasteiger partial charge in [-0.25, -0.2) is 0 Å². The topological polar surface area (TPSA) is 69.2 Å². The number of hydrogen-bond donors (Lipinski definition) is 1. The second kappa shape index (κ2) is 6.15. The predicted molar refractivity (Wildman–Crippen MR) is 95.3 cm³/mol. The molecule has 0 unspecified atom stereocenters. The van der Waals surface area contributed by atoms with Gasteiger partial charge in [0.15, 0.2) is 0 Å². The maximum Gasteiger partial charge on any atom is 0.494 e. The minimum absolute atomic E-state index is 0.0336. The molecule has 24 heavy (non-hydrogen) atoms. The summed E-state index contributed by atoms with van der Waals surface area (Å²) in [7, 11) is -0.398. The average molecular weight is 367 g/mol. The normalized spacial score (nSPS) is 18.7. The van der Waals surface area contributed by atoms with Gasteiger partial charge in [0.2, 0.25) is 16.5 Å². The van der Waals surface area contributed by atoms with E-state index in [1.807, 2.05) is 52.0 Å². The van der Waals surface area contributed by atoms with Crippen molar-refractivity contribution in [2.45, 2.75) is 38.9 Å². The number of nitrogens with zero attached hydrogens (tertiary/aromatic N) is 3. The van der Waals surface area contributed by atoms with E-state index in [9.17, 15) is 0 Å². The standard InChI is InChI=1S/C15H17BCl2N4O2/c1-14(2)15(3,4)24-16(23-14)9-5-7-10(8-6-9)19-13-21-11(17)20-12(18)22-13/h5-8H,1-4H3,(H,19,20,21,22). The molecular formula is C15H17BCl2N4O2. The van der Waals surface area contributed by atoms with Crippen LogP contribution in [-0.4, -0.2) is 33.3 Å². The monoisotopic (exact) mass is 366 g/mol. The Balaban J connectivity index is 1.74. The summed E-state index contributed by atoms with van der Waals surface area (Å²) in [6.45, 7) is 8.10. The zero-order valence-corrected chi connectivity index (χ0v) is 15.3. The predicted octanol–water partition coefficient (Wildman–Crippen LogP) is 3.22. The minimum Gasteiger partial charge on any atom is -0.399 e. The molecule has 0 atom stereocenters. The third-order valence-electron chi connectivity index (χ3n) is 4.27. The summed E-state index contributed by atoms with van der Waals surface area (Å²) in [5.41, 5.74) is 0.986. The van der Waals surface area contributed by atoms with Crippen molar-refractivity contribution in [1.29, 1.82) is 0 Å². The van der Waals surface area contributed by atoms with Crippen molar-refractivity contribution in [3.8, 4) is 0 Å². The molecule has 3 rings (SSSR count). The highest BCUT2D eigenvalue weighted by Gasteiger charge is 2.51. The molecule has 0 radical (unpaired) electrons. The van der Waals surface area contributed by atoms with Gasteiger partial charge in [-0.2, -0.15) is 15.0 Å². The zero-order chi connectivity index (χ0) is 17.5. The summed E-state index contributed by atoms with van der Waals surface area (Å²) in [4.78, 5) is 11.6. The molecule has 1 saturated heterocycles. The molecule has 0 spiro atoms. The summed E-state index contributed by atoms with van der Waals surface area (Å²) < 4.78 is 12.1. The lowest BCUT2D eigenvalue weighted by Crippen LogP contribution is -2.41. The second-order valence-electron chi connectivity index (χ2n) is 6.53. The number of aromatic nitrogens is 3. The Bertz CT molecular complexity index is 719. The molecule has 1 aromatic carbocycles. The second-order valence-corrected chi connectivity index (χ2v) is 7.21. The van der Waals surface area contributed by atoms with Crippen LogP contribution in [-0.2, 0) is 9.31 Å². The van der Waals surface area contributed by atoms with Crippen molar-refractivity contribution in [1.82, 2.24) is 15.0 Å². The molecule has 2 aromatic rings. The van der Waals surface area contributed by atoms with Gasteiger partial charge in [0, 0.05) is 5.69 Å². The van der Waals surface area contributed by atoms with E-state index < -0.39 is 7.12 Å². The molecule has 1 N–H and O–H groups in total. The number of rotatable bonds is 3. The Morgan fingerprint density at radius 2 is 1.38 bits per heavy atom. The smallest absolute Gasteiger partial charge is 0.399 e. The summed E-state index contributed by atoms with van der Waals surface area (Å²) in [5, 5.41) is 3.09. The third kappa shape index (κ3) is 3.49. The Morgan fingerprint density at radius 3 is 1.88 bits per heavy atom. The van der Waals surface area contributed by atoms with E-state index in [0.29, 0.717) is 0 Å². The summed E-state index contributed by atoms with van der Waals surface area (Å²) >= 11 is 11.5. The van der Waals surface area contributed by atoms with Crippen molar-refractivity contribution in [2.75, 3.05) is 5.32 Å². The number of hydrogen-bond acceptors (Lipinski definition) is 6. The first-order valence-electron chi connectivity index (χ1n) is 7.46. The van der Waals surface area contributed by atoms with Crippen LogP contribution in [0.4, 0.5) is 11.6 Å². The summed E-state index contributed by atoms with van der Waals surface area (Å²) in [6.07, 6.45) is 0. The van der Waals surface area contributed by atoms with Crippen LogP contribution in [0.2, 0.25) is 10.6 Å². The summed E-state index contributed by atoms with van der Waals surface area (Å²) in [5.74, 6) is 0.281. The van der Waals surface area contributed by atoms with Crippen LogP contribution in [0.1, 0.15) is 27.7 Å². The maximum absolute atomic E-state index is 6.03. The van der Waals surface area contributed by atoms with Crippen molar-refractivity contribution in [2.24, 2.45) is 0 Å². The number of nitrogens with one attached hydrogen (secondary N) is 1. The molecule has 126 valence electrons. The van der Waals surface area contributed by atoms with Gasteiger partial charge in [-0.3, -0.25) is 0 Å². The molecule has 1 aliphatic rings. The van der Waals surface area contributed by atoms with Crippen LogP contribution >= 0.6 is 23.2 Å². The first-order valence-corrected chi connectivity index (χ1v) is 8.22. The van der Waals surface area contributed by atoms with Gasteiger partial charge >= 0.3 is 7.12 Å². The molecule has 1 aromatic heterocycles. The van der Waals surface area contributed by atoms with E-state index in [1.165, 1.54) is 0 Å². The Labute approximate surface area is 151 Å². The lowest BCUT2D eigenvalue weighted by molar-refractivity contribution is 0.00578. The highest BCUT2D eigenvalue weighted by atomic mass is 35.5. The van der Waals surface area contributed by atoms with Crippen LogP contribution < -0.4 is 10.8 Å². The first kappa shape index (κ1) is 17.4. The quantitative estimate of drug-likeness (QED) is 0.841. The van der Waals surface area contributed by atoms with Crippen molar-refractivity contribution < 1.29 is 9.31 Å². The van der Waals surface area contributed by atoms with Crippen LogP contribution in [0.5, 0.6) is 0 Å². The van der Waals surface area contributed by atoms with Crippen LogP contribution in [0.3, 0.4) is 0 Å². The molecular weight excluding hydrogens is 350 g/mol. The summed E-state index contributed by atoms with van der Waals surface area (Å²) in [6, 6.07) is 7.61. The fraction of sp³-hybridized carbons (Fsp3) is 0.400. The van der Waals surface area contributed by atoms with E-state index in [2.05, 4.69) is 20.3 Å². The molecule has 2 heterocycles. The SMILES string of the molecule is CC1(C)OB(c2ccc(Nc3nc(Cl)nc(Cl)n3)cc2)OC1(C)C. The van der Waals surface area contributed by atoms with Crippen LogP contribution in [0.25, 0.3) is 0 Å². The molecule has 1 aliphatic heterocycles. The van der Waals surface area contributed by atoms with Gasteiger partial charge < -0.3 is 14.6 Å². The lowest BCUT2D eigenvalue weighted by atomic mass is 9.79. The average Bonchev–Trinajstić information content (AvgIpc) is 2.67. The number of anilines is 2. The Morgan fingerprint density at radius 1 is 0.875 bits per heavy atom. The third-order valence-corrected chi connectivity index (χ3v) is 4.61. The van der Waals surface area contributed by atoms with Gasteiger partial charge in [0.05, 0.1) is 11.2 Å². The van der Waals surface area contributed by atoms with E-state index in [1.54, 1.807) is 0 Å².